The molecule has 6 heteroatoms. The molecule has 0 bridgehead atoms. The van der Waals surface area contributed by atoms with Gasteiger partial charge in [0, 0.05) is 6.42 Å². The summed E-state index contributed by atoms with van der Waals surface area (Å²) in [5.41, 5.74) is 2.09. The van der Waals surface area contributed by atoms with E-state index in [0.717, 1.165) is 41.4 Å². The van der Waals surface area contributed by atoms with E-state index in [1.807, 2.05) is 30.3 Å². The van der Waals surface area contributed by atoms with Gasteiger partial charge in [0.15, 0.2) is 0 Å². The lowest BCUT2D eigenvalue weighted by molar-refractivity contribution is -0.134. The summed E-state index contributed by atoms with van der Waals surface area (Å²) in [5, 5.41) is 8.48. The Hall–Kier alpha value is -2.18. The Labute approximate surface area is 157 Å². The molecule has 1 aromatic heterocycles. The van der Waals surface area contributed by atoms with Gasteiger partial charge in [-0.2, -0.15) is 5.10 Å². The van der Waals surface area contributed by atoms with Crippen LogP contribution in [-0.2, 0) is 4.79 Å². The SMILES string of the molecule is COc1ccc([C@@H]2CC(c3cccs3)=NN2C(=O)CN2CCCC2)cc1. The monoisotopic (exact) mass is 369 g/mol. The van der Waals surface area contributed by atoms with Crippen molar-refractivity contribution in [3.8, 4) is 5.75 Å². The quantitative estimate of drug-likeness (QED) is 0.810. The van der Waals surface area contributed by atoms with E-state index in [2.05, 4.69) is 16.3 Å². The van der Waals surface area contributed by atoms with Gasteiger partial charge in [0.05, 0.1) is 30.3 Å². The summed E-state index contributed by atoms with van der Waals surface area (Å²) < 4.78 is 5.26. The molecule has 2 aromatic rings. The first-order valence-corrected chi connectivity index (χ1v) is 9.92. The largest absolute Gasteiger partial charge is 0.497 e. The Morgan fingerprint density at radius 1 is 1.23 bits per heavy atom. The molecular weight excluding hydrogens is 346 g/mol. The number of hydrogen-bond donors (Lipinski definition) is 0. The van der Waals surface area contributed by atoms with Crippen LogP contribution in [0.2, 0.25) is 0 Å². The van der Waals surface area contributed by atoms with Crippen LogP contribution < -0.4 is 4.74 Å². The van der Waals surface area contributed by atoms with Crippen LogP contribution in [0.3, 0.4) is 0 Å². The molecule has 1 atom stereocenters. The highest BCUT2D eigenvalue weighted by molar-refractivity contribution is 7.12. The molecule has 136 valence electrons. The summed E-state index contributed by atoms with van der Waals surface area (Å²) >= 11 is 1.67. The van der Waals surface area contributed by atoms with Crippen molar-refractivity contribution >= 4 is 23.0 Å². The number of hydrazone groups is 1. The molecule has 0 spiro atoms. The predicted octanol–water partition coefficient (Wildman–Crippen LogP) is 3.53. The fourth-order valence-electron chi connectivity index (χ4n) is 3.62. The molecule has 1 fully saturated rings. The zero-order valence-electron chi connectivity index (χ0n) is 14.9. The molecule has 1 aromatic carbocycles. The van der Waals surface area contributed by atoms with Gasteiger partial charge in [-0.15, -0.1) is 11.3 Å². The molecular formula is C20H23N3O2S. The highest BCUT2D eigenvalue weighted by Gasteiger charge is 2.34. The minimum atomic E-state index is -0.0480. The summed E-state index contributed by atoms with van der Waals surface area (Å²) in [5.74, 6) is 0.903. The first kappa shape index (κ1) is 17.2. The number of methoxy groups -OCH3 is 1. The second-order valence-electron chi connectivity index (χ2n) is 6.74. The van der Waals surface area contributed by atoms with Gasteiger partial charge in [0.2, 0.25) is 0 Å². The average Bonchev–Trinajstić information content (AvgIpc) is 3.42. The van der Waals surface area contributed by atoms with E-state index in [1.54, 1.807) is 23.5 Å². The molecule has 0 radical (unpaired) electrons. The third-order valence-electron chi connectivity index (χ3n) is 5.03. The minimum absolute atomic E-state index is 0.0480. The van der Waals surface area contributed by atoms with Crippen LogP contribution in [0.5, 0.6) is 5.75 Å². The van der Waals surface area contributed by atoms with E-state index in [-0.39, 0.29) is 11.9 Å². The topological polar surface area (TPSA) is 45.1 Å². The lowest BCUT2D eigenvalue weighted by Crippen LogP contribution is -2.36. The number of amides is 1. The number of hydrogen-bond acceptors (Lipinski definition) is 5. The first-order valence-electron chi connectivity index (χ1n) is 9.04. The zero-order chi connectivity index (χ0) is 17.9. The fourth-order valence-corrected chi connectivity index (χ4v) is 4.34. The van der Waals surface area contributed by atoms with E-state index in [9.17, 15) is 4.79 Å². The van der Waals surface area contributed by atoms with Gasteiger partial charge in [-0.25, -0.2) is 5.01 Å². The van der Waals surface area contributed by atoms with Crippen LogP contribution in [0.15, 0.2) is 46.9 Å². The van der Waals surface area contributed by atoms with E-state index in [0.29, 0.717) is 6.54 Å². The smallest absolute Gasteiger partial charge is 0.257 e. The number of carbonyl (C=O) groups excluding carboxylic acids is 1. The number of likely N-dealkylation sites (tertiary alicyclic amines) is 1. The van der Waals surface area contributed by atoms with Crippen molar-refractivity contribution in [2.24, 2.45) is 5.10 Å². The van der Waals surface area contributed by atoms with E-state index >= 15 is 0 Å². The van der Waals surface area contributed by atoms with Crippen molar-refractivity contribution in [1.82, 2.24) is 9.91 Å². The van der Waals surface area contributed by atoms with Crippen molar-refractivity contribution in [3.63, 3.8) is 0 Å². The van der Waals surface area contributed by atoms with Crippen LogP contribution in [0, 0.1) is 0 Å². The summed E-state index contributed by atoms with van der Waals surface area (Å²) in [6.07, 6.45) is 3.11. The molecule has 0 N–H and O–H groups in total. The normalized spacial score (nSPS) is 20.4. The zero-order valence-corrected chi connectivity index (χ0v) is 15.7. The third kappa shape index (κ3) is 3.52. The summed E-state index contributed by atoms with van der Waals surface area (Å²) in [6.45, 7) is 2.47. The Morgan fingerprint density at radius 2 is 2.00 bits per heavy atom. The van der Waals surface area contributed by atoms with Crippen LogP contribution in [0.4, 0.5) is 0 Å². The molecule has 5 nitrogen and oxygen atoms in total. The number of nitrogens with zero attached hydrogens (tertiary/aromatic N) is 3. The van der Waals surface area contributed by atoms with Crippen molar-refractivity contribution < 1.29 is 9.53 Å². The Kier molecular flexibility index (Phi) is 5.04. The molecule has 2 aliphatic heterocycles. The van der Waals surface area contributed by atoms with Crippen LogP contribution in [-0.4, -0.2) is 48.3 Å². The Balaban J connectivity index is 1.59. The van der Waals surface area contributed by atoms with Gasteiger partial charge in [0.1, 0.15) is 5.75 Å². The standard InChI is InChI=1S/C20H23N3O2S/c1-25-16-8-6-15(7-9-16)18-13-17(19-5-4-12-26-19)21-23(18)20(24)14-22-10-2-3-11-22/h4-9,12,18H,2-3,10-11,13-14H2,1H3/t18-/m0/s1. The number of rotatable bonds is 5. The maximum absolute atomic E-state index is 13.0. The summed E-state index contributed by atoms with van der Waals surface area (Å²) in [7, 11) is 1.66. The lowest BCUT2D eigenvalue weighted by atomic mass is 10.0. The fraction of sp³-hybridized carbons (Fsp3) is 0.400. The number of carbonyl (C=O) groups is 1. The third-order valence-corrected chi connectivity index (χ3v) is 5.95. The predicted molar refractivity (Wildman–Crippen MR) is 104 cm³/mol. The van der Waals surface area contributed by atoms with Gasteiger partial charge < -0.3 is 4.74 Å². The molecule has 0 saturated carbocycles. The van der Waals surface area contributed by atoms with Gasteiger partial charge in [-0.05, 0) is 55.1 Å². The van der Waals surface area contributed by atoms with Crippen LogP contribution in [0.25, 0.3) is 0 Å². The molecule has 0 unspecified atom stereocenters. The lowest BCUT2D eigenvalue weighted by Gasteiger charge is -2.24. The molecule has 3 heterocycles. The second kappa shape index (κ2) is 7.60. The number of ether oxygens (including phenoxy) is 1. The van der Waals surface area contributed by atoms with Crippen molar-refractivity contribution in [2.45, 2.75) is 25.3 Å². The number of benzene rings is 1. The number of thiophene rings is 1. The Morgan fingerprint density at radius 3 is 2.65 bits per heavy atom. The van der Waals surface area contributed by atoms with Crippen LogP contribution in [0.1, 0.15) is 35.7 Å². The van der Waals surface area contributed by atoms with Crippen molar-refractivity contribution in [3.05, 3.63) is 52.2 Å². The maximum atomic E-state index is 13.0. The van der Waals surface area contributed by atoms with Gasteiger partial charge in [-0.3, -0.25) is 9.69 Å². The van der Waals surface area contributed by atoms with Crippen molar-refractivity contribution in [2.75, 3.05) is 26.7 Å². The average molecular weight is 369 g/mol. The highest BCUT2D eigenvalue weighted by atomic mass is 32.1. The Bertz CT molecular complexity index is 780. The molecule has 2 aliphatic rings. The van der Waals surface area contributed by atoms with Crippen LogP contribution >= 0.6 is 11.3 Å². The second-order valence-corrected chi connectivity index (χ2v) is 7.69. The summed E-state index contributed by atoms with van der Waals surface area (Å²) in [6, 6.07) is 12.0. The summed E-state index contributed by atoms with van der Waals surface area (Å²) in [4.78, 5) is 16.3. The molecule has 1 saturated heterocycles. The van der Waals surface area contributed by atoms with Gasteiger partial charge in [0.25, 0.3) is 5.91 Å². The van der Waals surface area contributed by atoms with E-state index in [4.69, 9.17) is 9.84 Å². The maximum Gasteiger partial charge on any atom is 0.257 e. The molecule has 1 amide bonds. The van der Waals surface area contributed by atoms with Gasteiger partial charge >= 0.3 is 0 Å². The molecule has 0 aliphatic carbocycles. The van der Waals surface area contributed by atoms with E-state index in [1.165, 1.54) is 12.8 Å². The molecule has 26 heavy (non-hydrogen) atoms. The van der Waals surface area contributed by atoms with Crippen molar-refractivity contribution in [1.29, 1.82) is 0 Å². The van der Waals surface area contributed by atoms with Gasteiger partial charge in [-0.1, -0.05) is 18.2 Å². The van der Waals surface area contributed by atoms with E-state index < -0.39 is 0 Å². The highest BCUT2D eigenvalue weighted by Crippen LogP contribution is 2.34. The first-order chi connectivity index (χ1) is 12.7. The minimum Gasteiger partial charge on any atom is -0.497 e. The molecule has 4 rings (SSSR count).